The van der Waals surface area contributed by atoms with Crippen LogP contribution in [0.3, 0.4) is 0 Å². The third kappa shape index (κ3) is 3.66. The molecule has 1 saturated carbocycles. The SMILES string of the molecule is O=C(OCc1ccccc1)N1[C@H]2C[C@@H](O)[C@@H](C2)N1C(=O)OCc1ccccc1. The number of carbonyl (C=O) groups is 2. The van der Waals surface area contributed by atoms with Crippen molar-refractivity contribution in [2.24, 2.45) is 0 Å². The van der Waals surface area contributed by atoms with Crippen LogP contribution in [0.4, 0.5) is 9.59 Å². The summed E-state index contributed by atoms with van der Waals surface area (Å²) in [6.07, 6.45) is -1.01. The maximum Gasteiger partial charge on any atom is 0.429 e. The minimum absolute atomic E-state index is 0.0938. The van der Waals surface area contributed by atoms with Gasteiger partial charge in [0.15, 0.2) is 0 Å². The van der Waals surface area contributed by atoms with Crippen molar-refractivity contribution in [1.29, 1.82) is 0 Å². The molecule has 1 heterocycles. The second-order valence-corrected chi connectivity index (χ2v) is 7.03. The molecule has 0 spiro atoms. The van der Waals surface area contributed by atoms with E-state index < -0.39 is 24.3 Å². The first-order chi connectivity index (χ1) is 13.6. The Labute approximate surface area is 163 Å². The third-order valence-corrected chi connectivity index (χ3v) is 5.15. The van der Waals surface area contributed by atoms with Gasteiger partial charge in [0.2, 0.25) is 0 Å². The Kier molecular flexibility index (Phi) is 5.16. The molecule has 4 rings (SSSR count). The highest BCUT2D eigenvalue weighted by molar-refractivity contribution is 5.76. The summed E-state index contributed by atoms with van der Waals surface area (Å²) < 4.78 is 10.8. The van der Waals surface area contributed by atoms with Gasteiger partial charge in [0.05, 0.1) is 18.2 Å². The number of benzene rings is 2. The average Bonchev–Trinajstić information content (AvgIpc) is 3.29. The number of hydrogen-bond donors (Lipinski definition) is 1. The van der Waals surface area contributed by atoms with Gasteiger partial charge < -0.3 is 14.6 Å². The molecule has 1 saturated heterocycles. The maximum atomic E-state index is 12.7. The topological polar surface area (TPSA) is 79.3 Å². The maximum absolute atomic E-state index is 12.7. The van der Waals surface area contributed by atoms with Crippen LogP contribution in [-0.4, -0.2) is 45.5 Å². The van der Waals surface area contributed by atoms with E-state index in [1.165, 1.54) is 10.0 Å². The van der Waals surface area contributed by atoms with Crippen LogP contribution in [-0.2, 0) is 22.7 Å². The Morgan fingerprint density at radius 2 is 1.32 bits per heavy atom. The lowest BCUT2D eigenvalue weighted by atomic mass is 10.2. The molecule has 2 aromatic carbocycles. The fourth-order valence-electron chi connectivity index (χ4n) is 3.80. The first-order valence-electron chi connectivity index (χ1n) is 9.31. The second-order valence-electron chi connectivity index (χ2n) is 7.03. The molecule has 28 heavy (non-hydrogen) atoms. The summed E-state index contributed by atoms with van der Waals surface area (Å²) in [4.78, 5) is 25.4. The van der Waals surface area contributed by atoms with Gasteiger partial charge in [-0.2, -0.15) is 0 Å². The third-order valence-electron chi connectivity index (χ3n) is 5.15. The number of aliphatic hydroxyl groups is 1. The number of amides is 2. The Morgan fingerprint density at radius 1 is 0.821 bits per heavy atom. The Balaban J connectivity index is 1.42. The van der Waals surface area contributed by atoms with Gasteiger partial charge in [-0.1, -0.05) is 60.7 Å². The molecule has 0 radical (unpaired) electrons. The number of ether oxygens (including phenoxy) is 2. The molecule has 7 nitrogen and oxygen atoms in total. The smallest absolute Gasteiger partial charge is 0.429 e. The Morgan fingerprint density at radius 3 is 1.86 bits per heavy atom. The van der Waals surface area contributed by atoms with Gasteiger partial charge in [0, 0.05) is 0 Å². The van der Waals surface area contributed by atoms with Crippen LogP contribution in [0.5, 0.6) is 0 Å². The van der Waals surface area contributed by atoms with Crippen molar-refractivity contribution in [3.05, 3.63) is 71.8 Å². The summed E-state index contributed by atoms with van der Waals surface area (Å²) in [5.41, 5.74) is 1.71. The first kappa shape index (κ1) is 18.3. The van der Waals surface area contributed by atoms with Gasteiger partial charge in [0.1, 0.15) is 13.2 Å². The lowest BCUT2D eigenvalue weighted by Gasteiger charge is -2.38. The second kappa shape index (κ2) is 7.90. The summed E-state index contributed by atoms with van der Waals surface area (Å²) >= 11 is 0. The van der Waals surface area contributed by atoms with Crippen molar-refractivity contribution in [3.8, 4) is 0 Å². The molecule has 2 aliphatic rings. The molecule has 2 amide bonds. The summed E-state index contributed by atoms with van der Waals surface area (Å²) in [5.74, 6) is 0. The van der Waals surface area contributed by atoms with Crippen LogP contribution < -0.4 is 0 Å². The molecular weight excluding hydrogens is 360 g/mol. The van der Waals surface area contributed by atoms with Crippen molar-refractivity contribution in [2.45, 2.75) is 44.2 Å². The zero-order chi connectivity index (χ0) is 19.5. The lowest BCUT2D eigenvalue weighted by Crippen LogP contribution is -2.57. The van der Waals surface area contributed by atoms with Crippen LogP contribution in [0.2, 0.25) is 0 Å². The number of fused-ring (bicyclic) bond motifs is 2. The summed E-state index contributed by atoms with van der Waals surface area (Å²) in [6.45, 7) is 0.208. The van der Waals surface area contributed by atoms with E-state index in [1.54, 1.807) is 0 Å². The van der Waals surface area contributed by atoms with E-state index >= 15 is 0 Å². The highest BCUT2D eigenvalue weighted by atomic mass is 16.6. The van der Waals surface area contributed by atoms with E-state index in [0.29, 0.717) is 12.8 Å². The molecule has 3 atom stereocenters. The van der Waals surface area contributed by atoms with Gasteiger partial charge in [-0.25, -0.2) is 19.6 Å². The molecule has 7 heteroatoms. The zero-order valence-electron chi connectivity index (χ0n) is 15.3. The number of hydrogen-bond acceptors (Lipinski definition) is 5. The number of carbonyl (C=O) groups excluding carboxylic acids is 2. The normalized spacial score (nSPS) is 23.0. The van der Waals surface area contributed by atoms with Crippen LogP contribution >= 0.6 is 0 Å². The van der Waals surface area contributed by atoms with Gasteiger partial charge in [-0.05, 0) is 24.0 Å². The van der Waals surface area contributed by atoms with Gasteiger partial charge in [-0.3, -0.25) is 0 Å². The summed E-state index contributed by atoms with van der Waals surface area (Å²) in [7, 11) is 0. The largest absolute Gasteiger partial charge is 0.443 e. The van der Waals surface area contributed by atoms with Crippen molar-refractivity contribution >= 4 is 12.2 Å². The Bertz CT molecular complexity index is 829. The van der Waals surface area contributed by atoms with Gasteiger partial charge >= 0.3 is 12.2 Å². The molecule has 1 N–H and O–H groups in total. The molecule has 0 unspecified atom stereocenters. The van der Waals surface area contributed by atoms with E-state index in [0.717, 1.165) is 11.1 Å². The fraction of sp³-hybridized carbons (Fsp3) is 0.333. The quantitative estimate of drug-likeness (QED) is 0.879. The van der Waals surface area contributed by atoms with Gasteiger partial charge in [-0.15, -0.1) is 0 Å². The Hall–Kier alpha value is -3.06. The standard InChI is InChI=1S/C21H22N2O5/c24-19-12-17-11-18(19)23(21(26)28-14-16-9-5-2-6-10-16)22(17)20(25)27-13-15-7-3-1-4-8-15/h1-10,17-19,24H,11-14H2/t17-,18-,19-/m1/s1. The lowest BCUT2D eigenvalue weighted by molar-refractivity contribution is -0.0767. The van der Waals surface area contributed by atoms with Crippen molar-refractivity contribution < 1.29 is 24.2 Å². The first-order valence-corrected chi connectivity index (χ1v) is 9.31. The molecular formula is C21H22N2O5. The van der Waals surface area contributed by atoms with E-state index in [-0.39, 0.29) is 19.3 Å². The van der Waals surface area contributed by atoms with Crippen LogP contribution in [0.1, 0.15) is 24.0 Å². The molecule has 2 bridgehead atoms. The molecule has 146 valence electrons. The molecule has 2 aromatic rings. The number of aliphatic hydroxyl groups excluding tert-OH is 1. The highest BCUT2D eigenvalue weighted by Gasteiger charge is 2.55. The predicted molar refractivity (Wildman–Crippen MR) is 99.7 cm³/mol. The monoisotopic (exact) mass is 382 g/mol. The number of nitrogens with zero attached hydrogens (tertiary/aromatic N) is 2. The van der Waals surface area contributed by atoms with Crippen LogP contribution in [0, 0.1) is 0 Å². The minimum atomic E-state index is -0.674. The van der Waals surface area contributed by atoms with Crippen molar-refractivity contribution in [3.63, 3.8) is 0 Å². The van der Waals surface area contributed by atoms with E-state index in [9.17, 15) is 14.7 Å². The predicted octanol–water partition coefficient (Wildman–Crippen LogP) is 3.08. The molecule has 2 fully saturated rings. The number of hydrazine groups is 1. The summed E-state index contributed by atoms with van der Waals surface area (Å²) in [5, 5.41) is 12.7. The minimum Gasteiger partial charge on any atom is -0.443 e. The highest BCUT2D eigenvalue weighted by Crippen LogP contribution is 2.39. The summed E-state index contributed by atoms with van der Waals surface area (Å²) in [6, 6.07) is 17.9. The molecule has 1 aliphatic carbocycles. The van der Waals surface area contributed by atoms with Crippen LogP contribution in [0.25, 0.3) is 0 Å². The van der Waals surface area contributed by atoms with Crippen molar-refractivity contribution in [2.75, 3.05) is 0 Å². The average molecular weight is 382 g/mol. The van der Waals surface area contributed by atoms with E-state index in [4.69, 9.17) is 9.47 Å². The zero-order valence-corrected chi connectivity index (χ0v) is 15.3. The number of rotatable bonds is 4. The van der Waals surface area contributed by atoms with Gasteiger partial charge in [0.25, 0.3) is 0 Å². The van der Waals surface area contributed by atoms with E-state index in [1.807, 2.05) is 60.7 Å². The van der Waals surface area contributed by atoms with Crippen molar-refractivity contribution in [1.82, 2.24) is 10.0 Å². The van der Waals surface area contributed by atoms with E-state index in [2.05, 4.69) is 0 Å². The molecule has 1 aliphatic heterocycles. The van der Waals surface area contributed by atoms with Crippen LogP contribution in [0.15, 0.2) is 60.7 Å². The molecule has 0 aromatic heterocycles. The fourth-order valence-corrected chi connectivity index (χ4v) is 3.80.